The van der Waals surface area contributed by atoms with Crippen molar-refractivity contribution in [2.75, 3.05) is 33.3 Å². The molecule has 1 heterocycles. The van der Waals surface area contributed by atoms with Crippen LogP contribution in [-0.2, 0) is 0 Å². The van der Waals surface area contributed by atoms with Crippen molar-refractivity contribution in [1.29, 1.82) is 0 Å². The Bertz CT molecular complexity index is 950. The third kappa shape index (κ3) is 4.79. The number of carbonyl (C=O) groups excluding carboxylic acids is 2. The predicted octanol–water partition coefficient (Wildman–Crippen LogP) is 3.69. The Hall–Kier alpha value is -2.94. The summed E-state index contributed by atoms with van der Waals surface area (Å²) in [4.78, 5) is 28.4. The lowest BCUT2D eigenvalue weighted by Gasteiger charge is -2.35. The first-order valence-electron chi connectivity index (χ1n) is 8.96. The number of rotatable bonds is 5. The predicted molar refractivity (Wildman–Crippen MR) is 103 cm³/mol. The third-order valence-corrected chi connectivity index (χ3v) is 4.95. The van der Waals surface area contributed by atoms with Crippen molar-refractivity contribution in [3.8, 4) is 11.5 Å². The SMILES string of the molecule is COc1cc(C(=O)N2CCN(C(=O)c3ccc(F)cc3Cl)CC2)ccc1OC(F)F. The number of piperazine rings is 1. The van der Waals surface area contributed by atoms with Crippen molar-refractivity contribution >= 4 is 23.4 Å². The molecule has 30 heavy (non-hydrogen) atoms. The number of alkyl halides is 2. The standard InChI is InChI=1S/C20H18ClF3N2O4/c1-29-17-10-12(2-5-16(17)30-20(23)24)18(27)25-6-8-26(9-7-25)19(28)14-4-3-13(22)11-15(14)21/h2-5,10-11,20H,6-9H2,1H3. The molecule has 0 radical (unpaired) electrons. The van der Waals surface area contributed by atoms with E-state index in [1.807, 2.05) is 0 Å². The first kappa shape index (κ1) is 21.8. The summed E-state index contributed by atoms with van der Waals surface area (Å²) < 4.78 is 47.5. The van der Waals surface area contributed by atoms with Crippen molar-refractivity contribution < 1.29 is 32.2 Å². The highest BCUT2D eigenvalue weighted by atomic mass is 35.5. The van der Waals surface area contributed by atoms with Crippen molar-refractivity contribution in [3.05, 3.63) is 58.4 Å². The summed E-state index contributed by atoms with van der Waals surface area (Å²) in [5, 5.41) is 0.0247. The highest BCUT2D eigenvalue weighted by Crippen LogP contribution is 2.30. The molecule has 6 nitrogen and oxygen atoms in total. The number of benzene rings is 2. The molecule has 2 aromatic carbocycles. The number of halogens is 4. The van der Waals surface area contributed by atoms with E-state index in [2.05, 4.69) is 4.74 Å². The van der Waals surface area contributed by atoms with Gasteiger partial charge in [0.05, 0.1) is 17.7 Å². The Morgan fingerprint density at radius 2 is 1.60 bits per heavy atom. The number of hydrogen-bond donors (Lipinski definition) is 0. The molecule has 1 aliphatic heterocycles. The molecule has 0 aliphatic carbocycles. The van der Waals surface area contributed by atoms with Gasteiger partial charge in [-0.05, 0) is 36.4 Å². The molecule has 2 aromatic rings. The van der Waals surface area contributed by atoms with Crippen LogP contribution >= 0.6 is 11.6 Å². The Morgan fingerprint density at radius 1 is 0.967 bits per heavy atom. The minimum Gasteiger partial charge on any atom is -0.493 e. The fraction of sp³-hybridized carbons (Fsp3) is 0.300. The molecule has 0 bridgehead atoms. The lowest BCUT2D eigenvalue weighted by Crippen LogP contribution is -2.50. The quantitative estimate of drug-likeness (QED) is 0.708. The summed E-state index contributed by atoms with van der Waals surface area (Å²) in [5.74, 6) is -1.37. The van der Waals surface area contributed by atoms with Crippen LogP contribution in [0.15, 0.2) is 36.4 Å². The number of methoxy groups -OCH3 is 1. The van der Waals surface area contributed by atoms with Crippen molar-refractivity contribution in [3.63, 3.8) is 0 Å². The molecule has 1 aliphatic rings. The Morgan fingerprint density at radius 3 is 2.17 bits per heavy atom. The van der Waals surface area contributed by atoms with Gasteiger partial charge in [0.15, 0.2) is 11.5 Å². The van der Waals surface area contributed by atoms with Gasteiger partial charge in [-0.1, -0.05) is 11.6 Å². The second-order valence-electron chi connectivity index (χ2n) is 6.45. The first-order valence-corrected chi connectivity index (χ1v) is 9.34. The number of nitrogens with zero attached hydrogens (tertiary/aromatic N) is 2. The van der Waals surface area contributed by atoms with E-state index in [1.165, 1.54) is 36.3 Å². The zero-order valence-electron chi connectivity index (χ0n) is 15.9. The summed E-state index contributed by atoms with van der Waals surface area (Å²) in [7, 11) is 1.28. The molecular weight excluding hydrogens is 425 g/mol. The highest BCUT2D eigenvalue weighted by Gasteiger charge is 2.27. The molecule has 0 aromatic heterocycles. The normalized spacial score (nSPS) is 14.1. The third-order valence-electron chi connectivity index (χ3n) is 4.64. The van der Waals surface area contributed by atoms with E-state index in [0.29, 0.717) is 0 Å². The molecule has 1 fully saturated rings. The zero-order valence-corrected chi connectivity index (χ0v) is 16.7. The van der Waals surface area contributed by atoms with E-state index in [1.54, 1.807) is 4.90 Å². The molecule has 3 rings (SSSR count). The molecule has 10 heteroatoms. The van der Waals surface area contributed by atoms with Crippen molar-refractivity contribution in [1.82, 2.24) is 9.80 Å². The number of amides is 2. The molecular formula is C20H18ClF3N2O4. The number of ether oxygens (including phenoxy) is 2. The Labute approximate surface area is 175 Å². The number of carbonyl (C=O) groups is 2. The summed E-state index contributed by atoms with van der Waals surface area (Å²) in [6.07, 6.45) is 0. The minimum atomic E-state index is -3.01. The molecule has 0 saturated carbocycles. The van der Waals surface area contributed by atoms with Crippen LogP contribution in [0, 0.1) is 5.82 Å². The van der Waals surface area contributed by atoms with Crippen LogP contribution in [0.3, 0.4) is 0 Å². The van der Waals surface area contributed by atoms with Gasteiger partial charge in [-0.15, -0.1) is 0 Å². The summed E-state index contributed by atoms with van der Waals surface area (Å²) >= 11 is 5.95. The zero-order chi connectivity index (χ0) is 21.8. The van der Waals surface area contributed by atoms with E-state index in [0.717, 1.165) is 12.1 Å². The Balaban J connectivity index is 1.66. The van der Waals surface area contributed by atoms with Crippen LogP contribution in [0.2, 0.25) is 5.02 Å². The van der Waals surface area contributed by atoms with E-state index >= 15 is 0 Å². The molecule has 2 amide bonds. The fourth-order valence-corrected chi connectivity index (χ4v) is 3.37. The summed E-state index contributed by atoms with van der Waals surface area (Å²) in [6.45, 7) is -1.95. The molecule has 160 valence electrons. The van der Waals surface area contributed by atoms with E-state index in [4.69, 9.17) is 16.3 Å². The molecule has 0 N–H and O–H groups in total. The smallest absolute Gasteiger partial charge is 0.387 e. The second kappa shape index (κ2) is 9.25. The van der Waals surface area contributed by atoms with Crippen LogP contribution < -0.4 is 9.47 Å². The van der Waals surface area contributed by atoms with Gasteiger partial charge >= 0.3 is 6.61 Å². The maximum atomic E-state index is 13.2. The van der Waals surface area contributed by atoms with Gasteiger partial charge in [0.2, 0.25) is 0 Å². The monoisotopic (exact) mass is 442 g/mol. The van der Waals surface area contributed by atoms with E-state index in [-0.39, 0.29) is 65.6 Å². The van der Waals surface area contributed by atoms with Crippen LogP contribution in [0.25, 0.3) is 0 Å². The average Bonchev–Trinajstić information content (AvgIpc) is 2.73. The molecule has 0 unspecified atom stereocenters. The van der Waals surface area contributed by atoms with E-state index < -0.39 is 12.4 Å². The highest BCUT2D eigenvalue weighted by molar-refractivity contribution is 6.33. The van der Waals surface area contributed by atoms with E-state index in [9.17, 15) is 22.8 Å². The van der Waals surface area contributed by atoms with Gasteiger partial charge in [-0.25, -0.2) is 4.39 Å². The van der Waals surface area contributed by atoms with Crippen LogP contribution in [0.1, 0.15) is 20.7 Å². The fourth-order valence-electron chi connectivity index (χ4n) is 3.12. The second-order valence-corrected chi connectivity index (χ2v) is 6.86. The molecule has 0 spiro atoms. The van der Waals surface area contributed by atoms with Crippen molar-refractivity contribution in [2.24, 2.45) is 0 Å². The molecule has 1 saturated heterocycles. The van der Waals surface area contributed by atoms with Crippen LogP contribution in [-0.4, -0.2) is 61.5 Å². The van der Waals surface area contributed by atoms with Crippen LogP contribution in [0.4, 0.5) is 13.2 Å². The Kier molecular flexibility index (Phi) is 6.71. The minimum absolute atomic E-state index is 0.0147. The van der Waals surface area contributed by atoms with Crippen molar-refractivity contribution in [2.45, 2.75) is 6.61 Å². The summed E-state index contributed by atoms with van der Waals surface area (Å²) in [6, 6.07) is 7.51. The average molecular weight is 443 g/mol. The van der Waals surface area contributed by atoms with Gasteiger partial charge in [0.25, 0.3) is 11.8 Å². The van der Waals surface area contributed by atoms with Gasteiger partial charge in [0.1, 0.15) is 5.82 Å². The van der Waals surface area contributed by atoms with Gasteiger partial charge in [0, 0.05) is 31.7 Å². The first-order chi connectivity index (χ1) is 14.3. The maximum Gasteiger partial charge on any atom is 0.387 e. The summed E-state index contributed by atoms with van der Waals surface area (Å²) in [5.41, 5.74) is 0.437. The topological polar surface area (TPSA) is 59.1 Å². The molecule has 0 atom stereocenters. The van der Waals surface area contributed by atoms with Crippen LogP contribution in [0.5, 0.6) is 11.5 Å². The maximum absolute atomic E-state index is 13.2. The largest absolute Gasteiger partial charge is 0.493 e. The lowest BCUT2D eigenvalue weighted by atomic mass is 10.1. The van der Waals surface area contributed by atoms with Gasteiger partial charge in [-0.3, -0.25) is 9.59 Å². The lowest BCUT2D eigenvalue weighted by molar-refractivity contribution is -0.0512. The van der Waals surface area contributed by atoms with Gasteiger partial charge < -0.3 is 19.3 Å². The van der Waals surface area contributed by atoms with Gasteiger partial charge in [-0.2, -0.15) is 8.78 Å². The number of hydrogen-bond acceptors (Lipinski definition) is 4.